The third kappa shape index (κ3) is 8.46. The lowest BCUT2D eigenvalue weighted by molar-refractivity contribution is -0.0416. The highest BCUT2D eigenvalue weighted by atomic mass is 16.6. The van der Waals surface area contributed by atoms with Gasteiger partial charge < -0.3 is 29.0 Å². The summed E-state index contributed by atoms with van der Waals surface area (Å²) in [5, 5.41) is 3.34. The molecule has 1 aliphatic heterocycles. The number of ether oxygens (including phenoxy) is 5. The van der Waals surface area contributed by atoms with E-state index in [-0.39, 0.29) is 0 Å². The lowest BCUT2D eigenvalue weighted by Crippen LogP contribution is -2.34. The topological polar surface area (TPSA) is 58.2 Å². The zero-order valence-electron chi connectivity index (χ0n) is 22.3. The van der Waals surface area contributed by atoms with Crippen LogP contribution in [0.4, 0.5) is 0 Å². The predicted molar refractivity (Wildman–Crippen MR) is 149 cm³/mol. The van der Waals surface area contributed by atoms with E-state index in [1.807, 2.05) is 18.2 Å². The van der Waals surface area contributed by atoms with Crippen LogP contribution in [0.5, 0.6) is 0 Å². The molecule has 0 bridgehead atoms. The first-order valence-corrected chi connectivity index (χ1v) is 13.8. The Bertz CT molecular complexity index is 899. The molecule has 3 aromatic carbocycles. The fraction of sp³-hybridized carbons (Fsp3) is 0.438. The second-order valence-corrected chi connectivity index (χ2v) is 9.28. The summed E-state index contributed by atoms with van der Waals surface area (Å²) >= 11 is 0. The van der Waals surface area contributed by atoms with Gasteiger partial charge in [0.25, 0.3) is 0 Å². The zero-order valence-corrected chi connectivity index (χ0v) is 22.3. The first kappa shape index (κ1) is 28.4. The number of rotatable bonds is 17. The molecule has 0 amide bonds. The number of nitrogens with one attached hydrogen (secondary N) is 1. The van der Waals surface area contributed by atoms with Crippen molar-refractivity contribution in [1.29, 1.82) is 0 Å². The molecule has 1 N–H and O–H groups in total. The zero-order chi connectivity index (χ0) is 26.1. The number of benzene rings is 3. The fourth-order valence-electron chi connectivity index (χ4n) is 4.80. The Balaban J connectivity index is 1.18. The van der Waals surface area contributed by atoms with Crippen molar-refractivity contribution in [2.75, 3.05) is 65.9 Å². The van der Waals surface area contributed by atoms with Gasteiger partial charge in [0.1, 0.15) is 5.60 Å². The normalized spacial score (nSPS) is 14.5. The summed E-state index contributed by atoms with van der Waals surface area (Å²) in [6, 6.07) is 31.1. The van der Waals surface area contributed by atoms with Gasteiger partial charge in [-0.1, -0.05) is 91.0 Å². The predicted octanol–water partition coefficient (Wildman–Crippen LogP) is 4.81. The van der Waals surface area contributed by atoms with E-state index < -0.39 is 5.60 Å². The fourth-order valence-corrected chi connectivity index (χ4v) is 4.80. The number of hydrogen-bond acceptors (Lipinski definition) is 6. The van der Waals surface area contributed by atoms with Crippen LogP contribution in [0.15, 0.2) is 91.0 Å². The molecule has 1 saturated heterocycles. The van der Waals surface area contributed by atoms with Gasteiger partial charge >= 0.3 is 0 Å². The molecule has 0 spiro atoms. The van der Waals surface area contributed by atoms with Crippen molar-refractivity contribution >= 4 is 0 Å². The molecule has 38 heavy (non-hydrogen) atoms. The Hall–Kier alpha value is -2.58. The molecule has 0 atom stereocenters. The molecular weight excluding hydrogens is 478 g/mol. The summed E-state index contributed by atoms with van der Waals surface area (Å²) < 4.78 is 29.6. The molecule has 0 unspecified atom stereocenters. The van der Waals surface area contributed by atoms with Crippen LogP contribution in [0.25, 0.3) is 0 Å². The molecular formula is C32H41NO5. The summed E-state index contributed by atoms with van der Waals surface area (Å²) in [5.74, 6) is 0. The number of hydrogen-bond donors (Lipinski definition) is 1. The lowest BCUT2D eigenvalue weighted by atomic mass is 9.80. The Morgan fingerprint density at radius 2 is 0.921 bits per heavy atom. The maximum absolute atomic E-state index is 6.71. The first-order valence-electron chi connectivity index (χ1n) is 13.8. The molecule has 4 rings (SSSR count). The molecule has 0 aromatic heterocycles. The van der Waals surface area contributed by atoms with E-state index in [1.165, 1.54) is 0 Å². The van der Waals surface area contributed by atoms with Crippen LogP contribution in [-0.4, -0.2) is 72.0 Å². The van der Waals surface area contributed by atoms with Gasteiger partial charge in [0, 0.05) is 0 Å². The average Bonchev–Trinajstić information content (AvgIpc) is 2.99. The summed E-state index contributed by atoms with van der Waals surface area (Å²) in [6.07, 6.45) is 2.54. The Kier molecular flexibility index (Phi) is 12.3. The van der Waals surface area contributed by atoms with Gasteiger partial charge in [-0.2, -0.15) is 0 Å². The Morgan fingerprint density at radius 1 is 0.526 bits per heavy atom. The van der Waals surface area contributed by atoms with Crippen LogP contribution in [-0.2, 0) is 29.3 Å². The van der Waals surface area contributed by atoms with Crippen LogP contribution in [0.1, 0.15) is 29.5 Å². The molecule has 6 nitrogen and oxygen atoms in total. The van der Waals surface area contributed by atoms with Crippen LogP contribution in [0, 0.1) is 0 Å². The van der Waals surface area contributed by atoms with E-state index in [0.29, 0.717) is 59.0 Å². The van der Waals surface area contributed by atoms with E-state index in [9.17, 15) is 0 Å². The van der Waals surface area contributed by atoms with E-state index >= 15 is 0 Å². The summed E-state index contributed by atoms with van der Waals surface area (Å²) in [5.41, 5.74) is 2.53. The molecule has 3 aromatic rings. The minimum Gasteiger partial charge on any atom is -0.377 e. The molecule has 0 aliphatic carbocycles. The Morgan fingerprint density at radius 3 is 1.37 bits per heavy atom. The summed E-state index contributed by atoms with van der Waals surface area (Å²) in [6.45, 7) is 6.40. The SMILES string of the molecule is c1ccc(C(OCCOCCOCCOCCOC2CCNCC2)(c2ccccc2)c2ccccc2)cc1. The van der Waals surface area contributed by atoms with Crippen molar-refractivity contribution in [3.63, 3.8) is 0 Å². The van der Waals surface area contributed by atoms with E-state index in [2.05, 4.69) is 78.1 Å². The maximum atomic E-state index is 6.71. The minimum absolute atomic E-state index is 0.371. The van der Waals surface area contributed by atoms with Crippen molar-refractivity contribution in [3.05, 3.63) is 108 Å². The quantitative estimate of drug-likeness (QED) is 0.204. The summed E-state index contributed by atoms with van der Waals surface area (Å²) in [4.78, 5) is 0. The second kappa shape index (κ2) is 16.4. The largest absolute Gasteiger partial charge is 0.377 e. The van der Waals surface area contributed by atoms with Gasteiger partial charge in [0.15, 0.2) is 0 Å². The Labute approximate surface area is 227 Å². The molecule has 1 aliphatic rings. The third-order valence-electron chi connectivity index (χ3n) is 6.70. The van der Waals surface area contributed by atoms with Crippen molar-refractivity contribution in [2.45, 2.75) is 24.5 Å². The minimum atomic E-state index is -0.724. The first-order chi connectivity index (χ1) is 18.9. The smallest absolute Gasteiger partial charge is 0.143 e. The van der Waals surface area contributed by atoms with Crippen molar-refractivity contribution in [3.8, 4) is 0 Å². The van der Waals surface area contributed by atoms with Crippen molar-refractivity contribution in [1.82, 2.24) is 5.32 Å². The maximum Gasteiger partial charge on any atom is 0.143 e. The molecule has 0 radical (unpaired) electrons. The highest BCUT2D eigenvalue weighted by molar-refractivity contribution is 5.47. The second-order valence-electron chi connectivity index (χ2n) is 9.28. The standard InChI is InChI=1S/C32H41NO5/c1-4-10-28(11-5-1)32(29-12-6-2-7-13-29,30-14-8-3-9-15-30)38-27-25-36-23-21-34-20-22-35-24-26-37-31-16-18-33-19-17-31/h1-15,31,33H,16-27H2. The van der Waals surface area contributed by atoms with Gasteiger partial charge in [-0.05, 0) is 42.6 Å². The molecule has 1 heterocycles. The van der Waals surface area contributed by atoms with Crippen LogP contribution < -0.4 is 5.32 Å². The van der Waals surface area contributed by atoms with Gasteiger partial charge in [-0.25, -0.2) is 0 Å². The van der Waals surface area contributed by atoms with Gasteiger partial charge in [-0.15, -0.1) is 0 Å². The molecule has 0 saturated carbocycles. The van der Waals surface area contributed by atoms with Gasteiger partial charge in [0.05, 0.1) is 59.0 Å². The van der Waals surface area contributed by atoms with Gasteiger partial charge in [0.2, 0.25) is 0 Å². The monoisotopic (exact) mass is 519 g/mol. The van der Waals surface area contributed by atoms with Crippen molar-refractivity contribution in [2.24, 2.45) is 0 Å². The third-order valence-corrected chi connectivity index (χ3v) is 6.70. The van der Waals surface area contributed by atoms with Crippen LogP contribution in [0.3, 0.4) is 0 Å². The van der Waals surface area contributed by atoms with Gasteiger partial charge in [-0.3, -0.25) is 0 Å². The number of piperidine rings is 1. The molecule has 204 valence electrons. The van der Waals surface area contributed by atoms with E-state index in [1.54, 1.807) is 0 Å². The lowest BCUT2D eigenvalue weighted by Gasteiger charge is -2.36. The molecule has 6 heteroatoms. The van der Waals surface area contributed by atoms with Crippen LogP contribution >= 0.6 is 0 Å². The highest BCUT2D eigenvalue weighted by Crippen LogP contribution is 2.40. The van der Waals surface area contributed by atoms with E-state index in [4.69, 9.17) is 23.7 Å². The highest BCUT2D eigenvalue weighted by Gasteiger charge is 2.37. The molecule has 1 fully saturated rings. The average molecular weight is 520 g/mol. The van der Waals surface area contributed by atoms with Crippen molar-refractivity contribution < 1.29 is 23.7 Å². The van der Waals surface area contributed by atoms with E-state index in [0.717, 1.165) is 42.6 Å². The summed E-state index contributed by atoms with van der Waals surface area (Å²) in [7, 11) is 0. The van der Waals surface area contributed by atoms with Crippen LogP contribution in [0.2, 0.25) is 0 Å².